The molecule has 0 bridgehead atoms. The van der Waals surface area contributed by atoms with Crippen LogP contribution < -0.4 is 11.2 Å². The van der Waals surface area contributed by atoms with E-state index in [1.54, 1.807) is 6.92 Å². The number of amides is 1. The van der Waals surface area contributed by atoms with Gasteiger partial charge in [0.15, 0.2) is 0 Å². The highest BCUT2D eigenvalue weighted by Crippen LogP contribution is 2.24. The minimum absolute atomic E-state index is 0.108. The van der Waals surface area contributed by atoms with Crippen LogP contribution in [0.2, 0.25) is 0 Å². The molecule has 1 aliphatic heterocycles. The SMILES string of the molecule is CC(C(=O)O)C1CN(C(=O)c2c[nH]c(=O)[nH]c2=O)C1. The maximum absolute atomic E-state index is 11.9. The lowest BCUT2D eigenvalue weighted by Gasteiger charge is -2.41. The molecule has 1 atom stereocenters. The van der Waals surface area contributed by atoms with Gasteiger partial charge in [-0.25, -0.2) is 4.79 Å². The molecule has 2 heterocycles. The summed E-state index contributed by atoms with van der Waals surface area (Å²) in [5.74, 6) is -2.05. The monoisotopic (exact) mass is 267 g/mol. The van der Waals surface area contributed by atoms with Crippen molar-refractivity contribution in [1.82, 2.24) is 14.9 Å². The topological polar surface area (TPSA) is 123 Å². The summed E-state index contributed by atoms with van der Waals surface area (Å²) in [6.07, 6.45) is 1.07. The Bertz CT molecular complexity index is 626. The van der Waals surface area contributed by atoms with Crippen LogP contribution in [0.4, 0.5) is 0 Å². The minimum atomic E-state index is -0.904. The quantitative estimate of drug-likeness (QED) is 0.638. The number of nitrogens with one attached hydrogen (secondary N) is 2. The molecule has 102 valence electrons. The van der Waals surface area contributed by atoms with Gasteiger partial charge in [-0.05, 0) is 0 Å². The van der Waals surface area contributed by atoms with Crippen molar-refractivity contribution >= 4 is 11.9 Å². The molecular weight excluding hydrogens is 254 g/mol. The normalized spacial score (nSPS) is 16.8. The molecular formula is C11H13N3O5. The molecule has 1 aromatic heterocycles. The van der Waals surface area contributed by atoms with Crippen LogP contribution in [0.3, 0.4) is 0 Å². The van der Waals surface area contributed by atoms with E-state index >= 15 is 0 Å². The van der Waals surface area contributed by atoms with Gasteiger partial charge >= 0.3 is 11.7 Å². The van der Waals surface area contributed by atoms with Crippen LogP contribution in [0.25, 0.3) is 0 Å². The van der Waals surface area contributed by atoms with Crippen LogP contribution in [0.1, 0.15) is 17.3 Å². The predicted octanol–water partition coefficient (Wildman–Crippen LogP) is -1.14. The number of aromatic nitrogens is 2. The Morgan fingerprint density at radius 2 is 2.05 bits per heavy atom. The van der Waals surface area contributed by atoms with Gasteiger partial charge in [0.25, 0.3) is 11.5 Å². The van der Waals surface area contributed by atoms with Crippen molar-refractivity contribution in [3.63, 3.8) is 0 Å². The summed E-state index contributed by atoms with van der Waals surface area (Å²) in [6, 6.07) is 0. The van der Waals surface area contributed by atoms with E-state index < -0.39 is 29.0 Å². The summed E-state index contributed by atoms with van der Waals surface area (Å²) in [5, 5.41) is 8.84. The fourth-order valence-electron chi connectivity index (χ4n) is 1.94. The Morgan fingerprint density at radius 1 is 1.42 bits per heavy atom. The van der Waals surface area contributed by atoms with Gasteiger partial charge in [0, 0.05) is 25.2 Å². The second kappa shape index (κ2) is 4.71. The number of carboxylic acids is 1. The summed E-state index contributed by atoms with van der Waals surface area (Å²) < 4.78 is 0. The third-order valence-electron chi connectivity index (χ3n) is 3.34. The van der Waals surface area contributed by atoms with E-state index in [-0.39, 0.29) is 11.5 Å². The first-order chi connectivity index (χ1) is 8.90. The molecule has 1 amide bonds. The molecule has 1 fully saturated rings. The largest absolute Gasteiger partial charge is 0.481 e. The molecule has 0 saturated carbocycles. The number of aromatic amines is 2. The van der Waals surface area contributed by atoms with Crippen LogP contribution in [-0.4, -0.2) is 44.9 Å². The first kappa shape index (κ1) is 13.1. The molecule has 1 unspecified atom stereocenters. The Balaban J connectivity index is 2.06. The third-order valence-corrected chi connectivity index (χ3v) is 3.34. The fourth-order valence-corrected chi connectivity index (χ4v) is 1.94. The lowest BCUT2D eigenvalue weighted by atomic mass is 9.87. The molecule has 0 spiro atoms. The lowest BCUT2D eigenvalue weighted by Crippen LogP contribution is -2.54. The van der Waals surface area contributed by atoms with E-state index in [1.165, 1.54) is 4.90 Å². The summed E-state index contributed by atoms with van der Waals surface area (Å²) in [5.41, 5.74) is -1.58. The number of carbonyl (C=O) groups excluding carboxylic acids is 1. The standard InChI is InChI=1S/C11H13N3O5/c1-5(10(17)18)6-3-14(4-6)9(16)7-2-12-11(19)13-8(7)15/h2,5-6H,3-4H2,1H3,(H,17,18)(H2,12,13,15,19). The van der Waals surface area contributed by atoms with Gasteiger partial charge in [-0.2, -0.15) is 0 Å². The molecule has 0 aromatic carbocycles. The number of rotatable bonds is 3. The van der Waals surface area contributed by atoms with Crippen molar-refractivity contribution in [2.75, 3.05) is 13.1 Å². The molecule has 3 N–H and O–H groups in total. The van der Waals surface area contributed by atoms with E-state index in [9.17, 15) is 19.2 Å². The van der Waals surface area contributed by atoms with Crippen LogP contribution in [0.15, 0.2) is 15.8 Å². The first-order valence-corrected chi connectivity index (χ1v) is 5.74. The third kappa shape index (κ3) is 2.42. The highest BCUT2D eigenvalue weighted by Gasteiger charge is 2.38. The lowest BCUT2D eigenvalue weighted by molar-refractivity contribution is -0.144. The van der Waals surface area contributed by atoms with Crippen LogP contribution in [-0.2, 0) is 4.79 Å². The number of likely N-dealkylation sites (tertiary alicyclic amines) is 1. The van der Waals surface area contributed by atoms with Crippen LogP contribution >= 0.6 is 0 Å². The van der Waals surface area contributed by atoms with Gasteiger partial charge in [-0.15, -0.1) is 0 Å². The summed E-state index contributed by atoms with van der Waals surface area (Å²) in [6.45, 7) is 2.18. The zero-order chi connectivity index (χ0) is 14.2. The average molecular weight is 267 g/mol. The molecule has 2 rings (SSSR count). The Labute approximate surface area is 107 Å². The number of aliphatic carboxylic acids is 1. The van der Waals surface area contributed by atoms with Crippen LogP contribution in [0.5, 0.6) is 0 Å². The maximum Gasteiger partial charge on any atom is 0.325 e. The van der Waals surface area contributed by atoms with E-state index in [0.717, 1.165) is 6.20 Å². The van der Waals surface area contributed by atoms with Crippen molar-refractivity contribution in [1.29, 1.82) is 0 Å². The van der Waals surface area contributed by atoms with Crippen molar-refractivity contribution in [3.05, 3.63) is 32.6 Å². The van der Waals surface area contributed by atoms with E-state index in [1.807, 2.05) is 4.98 Å². The van der Waals surface area contributed by atoms with Crippen molar-refractivity contribution < 1.29 is 14.7 Å². The molecule has 8 heteroatoms. The molecule has 8 nitrogen and oxygen atoms in total. The molecule has 0 aliphatic carbocycles. The second-order valence-corrected chi connectivity index (χ2v) is 4.58. The second-order valence-electron chi connectivity index (χ2n) is 4.58. The van der Waals surface area contributed by atoms with Gasteiger partial charge in [-0.1, -0.05) is 6.92 Å². The average Bonchev–Trinajstić information content (AvgIpc) is 2.26. The number of carboxylic acid groups (broad SMARTS) is 1. The van der Waals surface area contributed by atoms with E-state index in [4.69, 9.17) is 5.11 Å². The highest BCUT2D eigenvalue weighted by atomic mass is 16.4. The number of nitrogens with zero attached hydrogens (tertiary/aromatic N) is 1. The summed E-state index contributed by atoms with van der Waals surface area (Å²) in [7, 11) is 0. The minimum Gasteiger partial charge on any atom is -0.481 e. The number of H-pyrrole nitrogens is 2. The van der Waals surface area contributed by atoms with Gasteiger partial charge < -0.3 is 15.0 Å². The van der Waals surface area contributed by atoms with Gasteiger partial charge in [0.2, 0.25) is 0 Å². The van der Waals surface area contributed by atoms with Crippen molar-refractivity contribution in [2.24, 2.45) is 11.8 Å². The Morgan fingerprint density at radius 3 is 2.58 bits per heavy atom. The van der Waals surface area contributed by atoms with Crippen molar-refractivity contribution in [3.8, 4) is 0 Å². The smallest absolute Gasteiger partial charge is 0.325 e. The summed E-state index contributed by atoms with van der Waals surface area (Å²) >= 11 is 0. The Hall–Kier alpha value is -2.38. The Kier molecular flexibility index (Phi) is 3.24. The van der Waals surface area contributed by atoms with E-state index in [0.29, 0.717) is 13.1 Å². The van der Waals surface area contributed by atoms with Gasteiger partial charge in [0.1, 0.15) is 5.56 Å². The summed E-state index contributed by atoms with van der Waals surface area (Å²) in [4.78, 5) is 50.5. The van der Waals surface area contributed by atoms with Crippen LogP contribution in [0, 0.1) is 11.8 Å². The molecule has 1 aliphatic rings. The van der Waals surface area contributed by atoms with Gasteiger partial charge in [0.05, 0.1) is 5.92 Å². The number of carbonyl (C=O) groups is 2. The zero-order valence-corrected chi connectivity index (χ0v) is 10.2. The molecule has 19 heavy (non-hydrogen) atoms. The fraction of sp³-hybridized carbons (Fsp3) is 0.455. The first-order valence-electron chi connectivity index (χ1n) is 5.74. The highest BCUT2D eigenvalue weighted by molar-refractivity contribution is 5.94. The molecule has 1 saturated heterocycles. The maximum atomic E-state index is 11.9. The van der Waals surface area contributed by atoms with E-state index in [2.05, 4.69) is 4.98 Å². The number of hydrogen-bond donors (Lipinski definition) is 3. The molecule has 1 aromatic rings. The van der Waals surface area contributed by atoms with Crippen molar-refractivity contribution in [2.45, 2.75) is 6.92 Å². The zero-order valence-electron chi connectivity index (χ0n) is 10.2. The van der Waals surface area contributed by atoms with Gasteiger partial charge in [-0.3, -0.25) is 19.4 Å². The molecule has 0 radical (unpaired) electrons. The predicted molar refractivity (Wildman–Crippen MR) is 63.9 cm³/mol. The number of hydrogen-bond acceptors (Lipinski definition) is 4.